The molecule has 8 heteroatoms. The first-order valence-corrected chi connectivity index (χ1v) is 14.3. The SMILES string of the molecule is C=CCOC(=O)[C@@H]1[C@@H]2CC(C)C3(S2)C(C(=O)N(CC=C)CCCCC)N([C@@H](CO)CC(C)C)C(=O)[C@H]13. The Hall–Kier alpha value is -1.80. The van der Waals surface area contributed by atoms with Crippen molar-refractivity contribution in [1.29, 1.82) is 0 Å². The van der Waals surface area contributed by atoms with Crippen molar-refractivity contribution >= 4 is 29.5 Å². The van der Waals surface area contributed by atoms with Crippen molar-refractivity contribution in [3.05, 3.63) is 25.3 Å². The number of thioether (sulfide) groups is 1. The molecule has 7 atom stereocenters. The van der Waals surface area contributed by atoms with Gasteiger partial charge in [0.15, 0.2) is 0 Å². The molecule has 3 heterocycles. The van der Waals surface area contributed by atoms with E-state index < -0.39 is 28.7 Å². The van der Waals surface area contributed by atoms with E-state index in [1.165, 1.54) is 6.08 Å². The van der Waals surface area contributed by atoms with Crippen LogP contribution in [0.15, 0.2) is 25.3 Å². The van der Waals surface area contributed by atoms with Gasteiger partial charge in [-0.1, -0.05) is 59.3 Å². The van der Waals surface area contributed by atoms with Gasteiger partial charge in [-0.15, -0.1) is 18.3 Å². The number of hydrogen-bond donors (Lipinski definition) is 1. The van der Waals surface area contributed by atoms with E-state index in [2.05, 4.69) is 27.0 Å². The molecule has 3 rings (SSSR count). The van der Waals surface area contributed by atoms with Crippen molar-refractivity contribution < 1.29 is 24.2 Å². The molecule has 0 saturated carbocycles. The molecule has 3 aliphatic heterocycles. The Kier molecular flexibility index (Phi) is 9.72. The standard InChI is InChI=1S/C28H44N2O5S/c1-7-10-11-13-29(12-8-2)26(33)24-28-19(6)16-21(36-28)22(27(34)35-14-9-3)23(28)25(32)30(24)20(17-31)15-18(4)5/h8-9,18-24,31H,2-3,7,10-17H2,1,4-6H3/t19?,20-,21+,22-,23+,24?,28?/m1/s1. The molecular formula is C28H44N2O5S. The van der Waals surface area contributed by atoms with Crippen molar-refractivity contribution in [2.75, 3.05) is 26.3 Å². The zero-order chi connectivity index (χ0) is 26.6. The fourth-order valence-corrected chi connectivity index (χ4v) is 9.02. The molecule has 2 bridgehead atoms. The number of nitrogens with zero attached hydrogens (tertiary/aromatic N) is 2. The lowest BCUT2D eigenvalue weighted by atomic mass is 9.66. The van der Waals surface area contributed by atoms with Crippen LogP contribution in [0.25, 0.3) is 0 Å². The van der Waals surface area contributed by atoms with Gasteiger partial charge in [0.2, 0.25) is 11.8 Å². The second kappa shape index (κ2) is 12.2. The van der Waals surface area contributed by atoms with Gasteiger partial charge < -0.3 is 19.6 Å². The third-order valence-corrected chi connectivity index (χ3v) is 10.1. The smallest absolute Gasteiger partial charge is 0.311 e. The molecule has 7 nitrogen and oxygen atoms in total. The summed E-state index contributed by atoms with van der Waals surface area (Å²) in [5.74, 6) is -1.60. The molecule has 1 spiro atoms. The fraction of sp³-hybridized carbons (Fsp3) is 0.750. The Labute approximate surface area is 220 Å². The molecule has 202 valence electrons. The molecule has 36 heavy (non-hydrogen) atoms. The van der Waals surface area contributed by atoms with Crippen LogP contribution in [-0.4, -0.2) is 81.1 Å². The van der Waals surface area contributed by atoms with Crippen LogP contribution in [-0.2, 0) is 19.1 Å². The second-order valence-corrected chi connectivity index (χ2v) is 12.5. The van der Waals surface area contributed by atoms with E-state index in [1.54, 1.807) is 22.7 Å². The van der Waals surface area contributed by atoms with Gasteiger partial charge in [-0.2, -0.15) is 0 Å². The summed E-state index contributed by atoms with van der Waals surface area (Å²) in [5, 5.41) is 10.4. The Morgan fingerprint density at radius 3 is 2.61 bits per heavy atom. The van der Waals surface area contributed by atoms with Gasteiger partial charge in [-0.3, -0.25) is 14.4 Å². The minimum absolute atomic E-state index is 0.0608. The van der Waals surface area contributed by atoms with Crippen LogP contribution >= 0.6 is 11.8 Å². The molecule has 0 aromatic carbocycles. The average Bonchev–Trinajstić information content (AvgIpc) is 3.43. The van der Waals surface area contributed by atoms with Crippen LogP contribution in [0.3, 0.4) is 0 Å². The summed E-state index contributed by atoms with van der Waals surface area (Å²) in [7, 11) is 0. The van der Waals surface area contributed by atoms with Gasteiger partial charge in [0.25, 0.3) is 0 Å². The summed E-state index contributed by atoms with van der Waals surface area (Å²) < 4.78 is 4.73. The highest BCUT2D eigenvalue weighted by atomic mass is 32.2. The van der Waals surface area contributed by atoms with Gasteiger partial charge in [0.1, 0.15) is 12.6 Å². The van der Waals surface area contributed by atoms with E-state index >= 15 is 0 Å². The maximum Gasteiger partial charge on any atom is 0.311 e. The van der Waals surface area contributed by atoms with Crippen LogP contribution in [0.2, 0.25) is 0 Å². The summed E-state index contributed by atoms with van der Waals surface area (Å²) in [6, 6.07) is -1.21. The van der Waals surface area contributed by atoms with Crippen molar-refractivity contribution in [3.8, 4) is 0 Å². The first-order chi connectivity index (χ1) is 17.2. The number of unbranched alkanes of at least 4 members (excludes halogenated alkanes) is 2. The first kappa shape index (κ1) is 28.8. The van der Waals surface area contributed by atoms with Crippen molar-refractivity contribution in [1.82, 2.24) is 9.80 Å². The van der Waals surface area contributed by atoms with Gasteiger partial charge in [-0.05, 0) is 31.1 Å². The molecule has 0 aromatic rings. The number of rotatable bonds is 14. The summed E-state index contributed by atoms with van der Waals surface area (Å²) in [6.45, 7) is 16.7. The average molecular weight is 521 g/mol. The molecular weight excluding hydrogens is 476 g/mol. The number of amides is 2. The Morgan fingerprint density at radius 2 is 2.03 bits per heavy atom. The predicted molar refractivity (Wildman–Crippen MR) is 143 cm³/mol. The molecule has 1 N–H and O–H groups in total. The van der Waals surface area contributed by atoms with Crippen LogP contribution < -0.4 is 0 Å². The molecule has 0 aliphatic carbocycles. The van der Waals surface area contributed by atoms with Crippen molar-refractivity contribution in [2.24, 2.45) is 23.7 Å². The minimum atomic E-state index is -0.727. The number of carbonyl (C=O) groups excluding carboxylic acids is 3. The number of aliphatic hydroxyl groups excluding tert-OH is 1. The maximum atomic E-state index is 14.4. The number of ether oxygens (including phenoxy) is 1. The molecule has 3 aliphatic rings. The maximum absolute atomic E-state index is 14.4. The number of hydrogen-bond acceptors (Lipinski definition) is 6. The molecule has 0 aromatic heterocycles. The highest BCUT2D eigenvalue weighted by Gasteiger charge is 2.77. The van der Waals surface area contributed by atoms with Gasteiger partial charge >= 0.3 is 5.97 Å². The van der Waals surface area contributed by atoms with Crippen molar-refractivity contribution in [2.45, 2.75) is 81.9 Å². The molecule has 3 unspecified atom stereocenters. The summed E-state index contributed by atoms with van der Waals surface area (Å²) in [6.07, 6.45) is 7.53. The van der Waals surface area contributed by atoms with Crippen LogP contribution in [0.4, 0.5) is 0 Å². The zero-order valence-corrected chi connectivity index (χ0v) is 23.2. The topological polar surface area (TPSA) is 87.2 Å². The Balaban J connectivity index is 2.08. The molecule has 0 radical (unpaired) electrons. The van der Waals surface area contributed by atoms with Crippen LogP contribution in [0, 0.1) is 23.7 Å². The zero-order valence-electron chi connectivity index (χ0n) is 22.4. The lowest BCUT2D eigenvalue weighted by Gasteiger charge is -2.42. The van der Waals surface area contributed by atoms with E-state index in [4.69, 9.17) is 4.74 Å². The number of fused-ring (bicyclic) bond motifs is 1. The van der Waals surface area contributed by atoms with Crippen LogP contribution in [0.5, 0.6) is 0 Å². The van der Waals surface area contributed by atoms with Crippen molar-refractivity contribution in [3.63, 3.8) is 0 Å². The molecule has 3 saturated heterocycles. The highest BCUT2D eigenvalue weighted by Crippen LogP contribution is 2.69. The third kappa shape index (κ3) is 5.00. The monoisotopic (exact) mass is 520 g/mol. The minimum Gasteiger partial charge on any atom is -0.461 e. The molecule has 2 amide bonds. The summed E-state index contributed by atoms with van der Waals surface area (Å²) >= 11 is 1.64. The third-order valence-electron chi connectivity index (χ3n) is 8.07. The lowest BCUT2D eigenvalue weighted by molar-refractivity contribution is -0.154. The Bertz CT molecular complexity index is 848. The number of esters is 1. The molecule has 3 fully saturated rings. The normalized spacial score (nSPS) is 31.4. The highest BCUT2D eigenvalue weighted by molar-refractivity contribution is 8.02. The summed E-state index contributed by atoms with van der Waals surface area (Å²) in [5.41, 5.74) is 0. The van der Waals surface area contributed by atoms with Crippen LogP contribution in [0.1, 0.15) is 59.8 Å². The van der Waals surface area contributed by atoms with E-state index in [0.717, 1.165) is 25.7 Å². The van der Waals surface area contributed by atoms with E-state index in [-0.39, 0.29) is 48.1 Å². The number of aliphatic hydroxyl groups is 1. The van der Waals surface area contributed by atoms with E-state index in [0.29, 0.717) is 19.5 Å². The van der Waals surface area contributed by atoms with E-state index in [1.807, 2.05) is 18.7 Å². The largest absolute Gasteiger partial charge is 0.461 e. The predicted octanol–water partition coefficient (Wildman–Crippen LogP) is 3.66. The number of carbonyl (C=O) groups is 3. The van der Waals surface area contributed by atoms with E-state index in [9.17, 15) is 19.5 Å². The quantitative estimate of drug-likeness (QED) is 0.214. The second-order valence-electron chi connectivity index (χ2n) is 11.0. The van der Waals surface area contributed by atoms with Gasteiger partial charge in [0.05, 0.1) is 29.2 Å². The van der Waals surface area contributed by atoms with Gasteiger partial charge in [-0.25, -0.2) is 0 Å². The van der Waals surface area contributed by atoms with Gasteiger partial charge in [0, 0.05) is 18.3 Å². The fourth-order valence-electron chi connectivity index (χ4n) is 6.63. The summed E-state index contributed by atoms with van der Waals surface area (Å²) in [4.78, 5) is 45.3. The number of likely N-dealkylation sites (tertiary alicyclic amines) is 1. The first-order valence-electron chi connectivity index (χ1n) is 13.5. The Morgan fingerprint density at radius 1 is 1.31 bits per heavy atom. The lowest BCUT2D eigenvalue weighted by Crippen LogP contribution is -2.59.